The summed E-state index contributed by atoms with van der Waals surface area (Å²) in [6, 6.07) is 0. The van der Waals surface area contributed by atoms with Gasteiger partial charge in [0.2, 0.25) is 5.91 Å². The smallest absolute Gasteiger partial charge is 0.220 e. The van der Waals surface area contributed by atoms with Gasteiger partial charge < -0.3 is 5.32 Å². The van der Waals surface area contributed by atoms with E-state index in [1.807, 2.05) is 7.05 Å². The van der Waals surface area contributed by atoms with Crippen LogP contribution in [0.2, 0.25) is 0 Å². The number of carbonyl (C=O) groups excluding carboxylic acids is 1. The zero-order valence-electron chi connectivity index (χ0n) is 17.6. The van der Waals surface area contributed by atoms with Gasteiger partial charge in [0.15, 0.2) is 0 Å². The topological polar surface area (TPSA) is 32.3 Å². The van der Waals surface area contributed by atoms with Crippen molar-refractivity contribution in [1.29, 1.82) is 0 Å². The second-order valence-electron chi connectivity index (χ2n) is 7.63. The van der Waals surface area contributed by atoms with Gasteiger partial charge in [-0.15, -0.1) is 0 Å². The molecule has 0 spiro atoms. The maximum atomic E-state index is 11.7. The van der Waals surface area contributed by atoms with Gasteiger partial charge in [0.1, 0.15) is 0 Å². The molecule has 0 rings (SSSR count). The maximum Gasteiger partial charge on any atom is 0.220 e. The molecule has 3 nitrogen and oxygen atoms in total. The largest absolute Gasteiger partial charge is 0.343 e. The van der Waals surface area contributed by atoms with Crippen LogP contribution in [0.15, 0.2) is 0 Å². The quantitative estimate of drug-likeness (QED) is 0.219. The van der Waals surface area contributed by atoms with Crippen LogP contribution in [0.3, 0.4) is 0 Å². The number of rotatable bonds is 19. The highest BCUT2D eigenvalue weighted by atomic mass is 16.1. The van der Waals surface area contributed by atoms with Gasteiger partial charge in [0.05, 0.1) is 6.67 Å². The lowest BCUT2D eigenvalue weighted by Gasteiger charge is -2.14. The molecule has 0 aliphatic rings. The first-order chi connectivity index (χ1) is 12.2. The van der Waals surface area contributed by atoms with E-state index in [1.165, 1.54) is 89.9 Å². The molecule has 0 atom stereocenters. The molecule has 0 aliphatic heterocycles. The van der Waals surface area contributed by atoms with E-state index in [-0.39, 0.29) is 5.91 Å². The van der Waals surface area contributed by atoms with E-state index in [0.29, 0.717) is 13.1 Å². The molecule has 0 unspecified atom stereocenters. The molecule has 0 heterocycles. The third-order valence-electron chi connectivity index (χ3n) is 5.09. The van der Waals surface area contributed by atoms with Gasteiger partial charge in [-0.05, 0) is 20.0 Å². The van der Waals surface area contributed by atoms with Crippen LogP contribution in [-0.2, 0) is 4.79 Å². The second kappa shape index (κ2) is 19.8. The Balaban J connectivity index is 3.12. The van der Waals surface area contributed by atoms with Gasteiger partial charge in [0.25, 0.3) is 0 Å². The van der Waals surface area contributed by atoms with Crippen molar-refractivity contribution in [1.82, 2.24) is 10.2 Å². The minimum absolute atomic E-state index is 0.204. The van der Waals surface area contributed by atoms with Crippen LogP contribution in [-0.4, -0.2) is 31.1 Å². The molecular formula is C22H46N2O. The summed E-state index contributed by atoms with van der Waals surface area (Å²) >= 11 is 0. The fourth-order valence-corrected chi connectivity index (χ4v) is 3.08. The van der Waals surface area contributed by atoms with Gasteiger partial charge in [-0.25, -0.2) is 0 Å². The Morgan fingerprint density at radius 3 is 1.48 bits per heavy atom. The molecule has 0 aromatic carbocycles. The van der Waals surface area contributed by atoms with Crippen LogP contribution in [0, 0.1) is 0 Å². The lowest BCUT2D eigenvalue weighted by molar-refractivity contribution is -0.121. The first kappa shape index (κ1) is 24.4. The Morgan fingerprint density at radius 2 is 1.08 bits per heavy atom. The van der Waals surface area contributed by atoms with Crippen molar-refractivity contribution >= 4 is 5.91 Å². The molecule has 25 heavy (non-hydrogen) atoms. The third-order valence-corrected chi connectivity index (χ3v) is 5.09. The van der Waals surface area contributed by atoms with E-state index in [4.69, 9.17) is 0 Å². The normalized spacial score (nSPS) is 11.2. The molecule has 3 heteroatoms. The Kier molecular flexibility index (Phi) is 19.3. The van der Waals surface area contributed by atoms with Gasteiger partial charge in [-0.1, -0.05) is 104 Å². The second-order valence-corrected chi connectivity index (χ2v) is 7.63. The van der Waals surface area contributed by atoms with E-state index in [1.54, 1.807) is 0 Å². The zero-order valence-corrected chi connectivity index (χ0v) is 17.6. The number of hydrogen-bond donors (Lipinski definition) is 1. The van der Waals surface area contributed by atoms with E-state index in [2.05, 4.69) is 24.1 Å². The van der Waals surface area contributed by atoms with Crippen molar-refractivity contribution in [2.45, 2.75) is 117 Å². The van der Waals surface area contributed by atoms with Crippen LogP contribution < -0.4 is 5.32 Å². The molecular weight excluding hydrogens is 308 g/mol. The monoisotopic (exact) mass is 354 g/mol. The standard InChI is InChI=1S/C22H46N2O/c1-4-6-7-8-9-10-11-12-13-14-15-16-17-18-19-20-22(25)23-21-24(3)5-2/h4-21H2,1-3H3,(H,23,25). The predicted octanol–water partition coefficient (Wildman–Crippen LogP) is 6.27. The SMILES string of the molecule is CCCCCCCCCCCCCCCCCC(=O)NCN(C)CC. The van der Waals surface area contributed by atoms with E-state index in [0.717, 1.165) is 13.0 Å². The highest BCUT2D eigenvalue weighted by Crippen LogP contribution is 2.13. The highest BCUT2D eigenvalue weighted by Gasteiger charge is 2.01. The lowest BCUT2D eigenvalue weighted by Crippen LogP contribution is -2.34. The Morgan fingerprint density at radius 1 is 0.680 bits per heavy atom. The summed E-state index contributed by atoms with van der Waals surface area (Å²) in [5, 5.41) is 2.97. The molecule has 0 radical (unpaired) electrons. The maximum absolute atomic E-state index is 11.7. The summed E-state index contributed by atoms with van der Waals surface area (Å²) < 4.78 is 0. The molecule has 0 aromatic rings. The van der Waals surface area contributed by atoms with Crippen LogP contribution in [0.1, 0.15) is 117 Å². The number of amides is 1. The van der Waals surface area contributed by atoms with Gasteiger partial charge in [-0.3, -0.25) is 9.69 Å². The summed E-state index contributed by atoms with van der Waals surface area (Å²) in [5.74, 6) is 0.204. The van der Waals surface area contributed by atoms with Crippen LogP contribution in [0.4, 0.5) is 0 Å². The molecule has 0 saturated carbocycles. The third kappa shape index (κ3) is 19.6. The number of carbonyl (C=O) groups is 1. The van der Waals surface area contributed by atoms with Crippen molar-refractivity contribution in [3.05, 3.63) is 0 Å². The average Bonchev–Trinajstić information content (AvgIpc) is 2.62. The summed E-state index contributed by atoms with van der Waals surface area (Å²) in [5.41, 5.74) is 0. The number of hydrogen-bond acceptors (Lipinski definition) is 2. The van der Waals surface area contributed by atoms with Crippen molar-refractivity contribution in [2.75, 3.05) is 20.3 Å². The molecule has 0 saturated heterocycles. The molecule has 0 bridgehead atoms. The zero-order chi connectivity index (χ0) is 18.6. The first-order valence-electron chi connectivity index (χ1n) is 11.2. The first-order valence-corrected chi connectivity index (χ1v) is 11.2. The van der Waals surface area contributed by atoms with E-state index >= 15 is 0 Å². The summed E-state index contributed by atoms with van der Waals surface area (Å²) in [6.07, 6.45) is 21.2. The summed E-state index contributed by atoms with van der Waals surface area (Å²) in [7, 11) is 2.02. The fraction of sp³-hybridized carbons (Fsp3) is 0.955. The minimum atomic E-state index is 0.204. The van der Waals surface area contributed by atoms with Crippen molar-refractivity contribution in [3.8, 4) is 0 Å². The average molecular weight is 355 g/mol. The van der Waals surface area contributed by atoms with Crippen molar-refractivity contribution < 1.29 is 4.79 Å². The number of nitrogens with zero attached hydrogens (tertiary/aromatic N) is 1. The lowest BCUT2D eigenvalue weighted by atomic mass is 10.0. The van der Waals surface area contributed by atoms with Crippen LogP contribution >= 0.6 is 0 Å². The highest BCUT2D eigenvalue weighted by molar-refractivity contribution is 5.75. The molecule has 0 fully saturated rings. The summed E-state index contributed by atoms with van der Waals surface area (Å²) in [6.45, 7) is 6.03. The van der Waals surface area contributed by atoms with Gasteiger partial charge >= 0.3 is 0 Å². The molecule has 0 aromatic heterocycles. The Hall–Kier alpha value is -0.570. The number of nitrogens with one attached hydrogen (secondary N) is 1. The van der Waals surface area contributed by atoms with Gasteiger partial charge in [0, 0.05) is 6.42 Å². The van der Waals surface area contributed by atoms with E-state index < -0.39 is 0 Å². The van der Waals surface area contributed by atoms with Crippen molar-refractivity contribution in [3.63, 3.8) is 0 Å². The van der Waals surface area contributed by atoms with E-state index in [9.17, 15) is 4.79 Å². The predicted molar refractivity (Wildman–Crippen MR) is 111 cm³/mol. The number of unbranched alkanes of at least 4 members (excludes halogenated alkanes) is 14. The Labute approximate surface area is 158 Å². The fourth-order valence-electron chi connectivity index (χ4n) is 3.08. The van der Waals surface area contributed by atoms with Crippen LogP contribution in [0.25, 0.3) is 0 Å². The van der Waals surface area contributed by atoms with Crippen LogP contribution in [0.5, 0.6) is 0 Å². The summed E-state index contributed by atoms with van der Waals surface area (Å²) in [4.78, 5) is 13.8. The molecule has 1 amide bonds. The molecule has 150 valence electrons. The molecule has 1 N–H and O–H groups in total. The van der Waals surface area contributed by atoms with Crippen molar-refractivity contribution in [2.24, 2.45) is 0 Å². The minimum Gasteiger partial charge on any atom is -0.343 e. The Bertz CT molecular complexity index is 281. The molecule has 0 aliphatic carbocycles. The van der Waals surface area contributed by atoms with Gasteiger partial charge in [-0.2, -0.15) is 0 Å².